The molecular formula is C22H26N4O2S. The number of thioether (sulfide) groups is 1. The van der Waals surface area contributed by atoms with Gasteiger partial charge in [0.25, 0.3) is 0 Å². The second-order valence-electron chi connectivity index (χ2n) is 6.43. The molecule has 7 heteroatoms. The van der Waals surface area contributed by atoms with Crippen molar-refractivity contribution in [1.29, 1.82) is 0 Å². The Labute approximate surface area is 175 Å². The number of nitrogens with one attached hydrogen (secondary N) is 1. The molecule has 0 fully saturated rings. The summed E-state index contributed by atoms with van der Waals surface area (Å²) in [6, 6.07) is 17.7. The molecule has 0 atom stereocenters. The van der Waals surface area contributed by atoms with E-state index < -0.39 is 0 Å². The molecule has 0 spiro atoms. The molecule has 0 unspecified atom stereocenters. The molecule has 0 saturated carbocycles. The second-order valence-corrected chi connectivity index (χ2v) is 7.37. The number of ether oxygens (including phenoxy) is 1. The lowest BCUT2D eigenvalue weighted by Crippen LogP contribution is -2.26. The highest BCUT2D eigenvalue weighted by Crippen LogP contribution is 2.28. The van der Waals surface area contributed by atoms with Crippen molar-refractivity contribution < 1.29 is 9.53 Å². The molecule has 152 valence electrons. The van der Waals surface area contributed by atoms with E-state index in [0.717, 1.165) is 35.7 Å². The first kappa shape index (κ1) is 20.9. The summed E-state index contributed by atoms with van der Waals surface area (Å²) in [6.07, 6.45) is 2.04. The summed E-state index contributed by atoms with van der Waals surface area (Å²) in [6.45, 7) is 5.39. The highest BCUT2D eigenvalue weighted by molar-refractivity contribution is 7.99. The van der Waals surface area contributed by atoms with Crippen LogP contribution in [0.2, 0.25) is 0 Å². The lowest BCUT2D eigenvalue weighted by Gasteiger charge is -2.11. The van der Waals surface area contributed by atoms with Gasteiger partial charge in [-0.3, -0.25) is 9.36 Å². The number of unbranched alkanes of at least 4 members (excludes halogenated alkanes) is 1. The van der Waals surface area contributed by atoms with Crippen molar-refractivity contribution in [2.45, 2.75) is 31.8 Å². The summed E-state index contributed by atoms with van der Waals surface area (Å²) >= 11 is 1.38. The molecule has 1 heterocycles. The zero-order valence-electron chi connectivity index (χ0n) is 16.8. The maximum Gasteiger partial charge on any atom is 0.230 e. The number of benzene rings is 2. The van der Waals surface area contributed by atoms with E-state index >= 15 is 0 Å². The van der Waals surface area contributed by atoms with Crippen LogP contribution in [-0.2, 0) is 4.79 Å². The van der Waals surface area contributed by atoms with Crippen LogP contribution in [-0.4, -0.2) is 39.6 Å². The molecule has 0 radical (unpaired) electrons. The van der Waals surface area contributed by atoms with Crippen LogP contribution >= 0.6 is 11.8 Å². The largest absolute Gasteiger partial charge is 0.494 e. The van der Waals surface area contributed by atoms with Crippen LogP contribution in [0, 0.1) is 0 Å². The minimum absolute atomic E-state index is 0.00551. The fourth-order valence-corrected chi connectivity index (χ4v) is 3.60. The van der Waals surface area contributed by atoms with Gasteiger partial charge in [-0.2, -0.15) is 0 Å². The molecule has 0 aliphatic rings. The molecule has 1 N–H and O–H groups in total. The average Bonchev–Trinajstić information content (AvgIpc) is 3.18. The minimum atomic E-state index is 0.00551. The number of carbonyl (C=O) groups excluding carboxylic acids is 1. The number of hydrogen-bond donors (Lipinski definition) is 1. The maximum atomic E-state index is 12.1. The monoisotopic (exact) mass is 410 g/mol. The third-order valence-electron chi connectivity index (χ3n) is 4.26. The SMILES string of the molecule is CCCCNC(=O)CSc1nnc(-c2ccccc2)n1-c1ccc(OCC)cc1. The molecule has 0 saturated heterocycles. The number of aromatic nitrogens is 3. The van der Waals surface area contributed by atoms with E-state index in [1.54, 1.807) is 0 Å². The summed E-state index contributed by atoms with van der Waals surface area (Å²) in [5.74, 6) is 1.86. The predicted octanol–water partition coefficient (Wildman–Crippen LogP) is 4.34. The number of carbonyl (C=O) groups is 1. The summed E-state index contributed by atoms with van der Waals surface area (Å²) in [5, 5.41) is 12.4. The van der Waals surface area contributed by atoms with E-state index in [1.807, 2.05) is 66.1 Å². The normalized spacial score (nSPS) is 10.7. The molecule has 3 rings (SSSR count). The first-order valence-corrected chi connectivity index (χ1v) is 10.8. The summed E-state index contributed by atoms with van der Waals surface area (Å²) in [7, 11) is 0. The lowest BCUT2D eigenvalue weighted by molar-refractivity contribution is -0.118. The van der Waals surface area contributed by atoms with Crippen molar-refractivity contribution in [3.8, 4) is 22.8 Å². The second kappa shape index (κ2) is 10.7. The fourth-order valence-electron chi connectivity index (χ4n) is 2.81. The van der Waals surface area contributed by atoms with Crippen LogP contribution in [0.4, 0.5) is 0 Å². The van der Waals surface area contributed by atoms with Crippen LogP contribution in [0.3, 0.4) is 0 Å². The van der Waals surface area contributed by atoms with Crippen molar-refractivity contribution >= 4 is 17.7 Å². The number of rotatable bonds is 10. The fraction of sp³-hybridized carbons (Fsp3) is 0.318. The van der Waals surface area contributed by atoms with Gasteiger partial charge in [0.2, 0.25) is 5.91 Å². The topological polar surface area (TPSA) is 69.0 Å². The van der Waals surface area contributed by atoms with Crippen LogP contribution in [0.25, 0.3) is 17.1 Å². The first-order chi connectivity index (χ1) is 14.2. The Morgan fingerprint density at radius 1 is 1.07 bits per heavy atom. The molecule has 6 nitrogen and oxygen atoms in total. The van der Waals surface area contributed by atoms with Gasteiger partial charge >= 0.3 is 0 Å². The van der Waals surface area contributed by atoms with Gasteiger partial charge in [-0.05, 0) is 37.6 Å². The van der Waals surface area contributed by atoms with Gasteiger partial charge < -0.3 is 10.1 Å². The summed E-state index contributed by atoms with van der Waals surface area (Å²) < 4.78 is 7.53. The Hall–Kier alpha value is -2.80. The van der Waals surface area contributed by atoms with E-state index in [2.05, 4.69) is 22.4 Å². The van der Waals surface area contributed by atoms with Crippen molar-refractivity contribution in [2.24, 2.45) is 0 Å². The molecule has 3 aromatic rings. The molecular weight excluding hydrogens is 384 g/mol. The zero-order chi connectivity index (χ0) is 20.5. The van der Waals surface area contributed by atoms with Gasteiger partial charge in [-0.25, -0.2) is 0 Å². The first-order valence-electron chi connectivity index (χ1n) is 9.86. The van der Waals surface area contributed by atoms with Crippen LogP contribution < -0.4 is 10.1 Å². The van der Waals surface area contributed by atoms with E-state index in [9.17, 15) is 4.79 Å². The van der Waals surface area contributed by atoms with Crippen LogP contribution in [0.1, 0.15) is 26.7 Å². The Morgan fingerprint density at radius 2 is 1.83 bits per heavy atom. The molecule has 1 aromatic heterocycles. The Morgan fingerprint density at radius 3 is 2.52 bits per heavy atom. The third-order valence-corrected chi connectivity index (χ3v) is 5.19. The molecule has 0 aliphatic carbocycles. The average molecular weight is 411 g/mol. The molecule has 0 bridgehead atoms. The van der Waals surface area contributed by atoms with E-state index in [0.29, 0.717) is 24.1 Å². The Balaban J connectivity index is 1.86. The number of nitrogens with zero attached hydrogens (tertiary/aromatic N) is 3. The van der Waals surface area contributed by atoms with Crippen molar-refractivity contribution in [2.75, 3.05) is 18.9 Å². The summed E-state index contributed by atoms with van der Waals surface area (Å²) in [5.41, 5.74) is 1.89. The van der Waals surface area contributed by atoms with Gasteiger partial charge in [-0.15, -0.1) is 10.2 Å². The van der Waals surface area contributed by atoms with Crippen molar-refractivity contribution in [1.82, 2.24) is 20.1 Å². The van der Waals surface area contributed by atoms with Crippen molar-refractivity contribution in [3.63, 3.8) is 0 Å². The Kier molecular flexibility index (Phi) is 7.69. The molecule has 1 amide bonds. The van der Waals surface area contributed by atoms with Gasteiger partial charge in [0.1, 0.15) is 5.75 Å². The van der Waals surface area contributed by atoms with Gasteiger partial charge in [0, 0.05) is 17.8 Å². The smallest absolute Gasteiger partial charge is 0.230 e. The van der Waals surface area contributed by atoms with Crippen molar-refractivity contribution in [3.05, 3.63) is 54.6 Å². The predicted molar refractivity (Wildman–Crippen MR) is 117 cm³/mol. The Bertz CT molecular complexity index is 910. The van der Waals surface area contributed by atoms with Crippen LogP contribution in [0.15, 0.2) is 59.8 Å². The minimum Gasteiger partial charge on any atom is -0.494 e. The quantitative estimate of drug-likeness (QED) is 0.398. The molecule has 2 aromatic carbocycles. The van der Waals surface area contributed by atoms with Gasteiger partial charge in [0.05, 0.1) is 12.4 Å². The zero-order valence-corrected chi connectivity index (χ0v) is 17.6. The number of hydrogen-bond acceptors (Lipinski definition) is 5. The molecule has 29 heavy (non-hydrogen) atoms. The van der Waals surface area contributed by atoms with E-state index in [1.165, 1.54) is 11.8 Å². The lowest BCUT2D eigenvalue weighted by atomic mass is 10.2. The highest BCUT2D eigenvalue weighted by Gasteiger charge is 2.17. The van der Waals surface area contributed by atoms with E-state index in [4.69, 9.17) is 4.74 Å². The van der Waals surface area contributed by atoms with E-state index in [-0.39, 0.29) is 5.91 Å². The third kappa shape index (κ3) is 5.60. The van der Waals surface area contributed by atoms with Gasteiger partial charge in [0.15, 0.2) is 11.0 Å². The molecule has 0 aliphatic heterocycles. The number of amides is 1. The highest BCUT2D eigenvalue weighted by atomic mass is 32.2. The van der Waals surface area contributed by atoms with Crippen LogP contribution in [0.5, 0.6) is 5.75 Å². The standard InChI is InChI=1S/C22H26N4O2S/c1-3-5-15-23-20(27)16-29-22-25-24-21(17-9-7-6-8-10-17)26(22)18-11-13-19(14-12-18)28-4-2/h6-14H,3-5,15-16H2,1-2H3,(H,23,27). The maximum absolute atomic E-state index is 12.1. The summed E-state index contributed by atoms with van der Waals surface area (Å²) in [4.78, 5) is 12.1. The van der Waals surface area contributed by atoms with Gasteiger partial charge in [-0.1, -0.05) is 55.4 Å².